The normalized spacial score (nSPS) is 13.5. The number of para-hydroxylation sites is 1. The van der Waals surface area contributed by atoms with Gasteiger partial charge >= 0.3 is 0 Å². The molecule has 4 rings (SSSR count). The Bertz CT molecular complexity index is 1160. The van der Waals surface area contributed by atoms with E-state index in [1.54, 1.807) is 6.08 Å². The van der Waals surface area contributed by atoms with Crippen LogP contribution in [-0.2, 0) is 17.9 Å². The summed E-state index contributed by atoms with van der Waals surface area (Å²) in [7, 11) is 0. The van der Waals surface area contributed by atoms with Gasteiger partial charge in [-0.05, 0) is 43.7 Å². The molecule has 0 atom stereocenters. The Labute approximate surface area is 216 Å². The van der Waals surface area contributed by atoms with Crippen LogP contribution in [0.4, 0.5) is 5.69 Å². The molecule has 3 aromatic rings. The fraction of sp³-hybridized carbons (Fsp3) is 0.370. The third kappa shape index (κ3) is 6.40. The van der Waals surface area contributed by atoms with Gasteiger partial charge in [-0.2, -0.15) is 0 Å². The van der Waals surface area contributed by atoms with E-state index < -0.39 is 0 Å². The minimum Gasteiger partial charge on any atom is -0.490 e. The second kappa shape index (κ2) is 12.5. The molecule has 0 saturated carbocycles. The van der Waals surface area contributed by atoms with Gasteiger partial charge in [-0.3, -0.25) is 9.36 Å². The van der Waals surface area contributed by atoms with E-state index in [9.17, 15) is 4.79 Å². The fourth-order valence-corrected chi connectivity index (χ4v) is 4.93. The Morgan fingerprint density at radius 1 is 1.06 bits per heavy atom. The molecule has 1 amide bonds. The predicted molar refractivity (Wildman–Crippen MR) is 143 cm³/mol. The van der Waals surface area contributed by atoms with E-state index in [2.05, 4.69) is 33.8 Å². The first kappa shape index (κ1) is 25.6. The van der Waals surface area contributed by atoms with Gasteiger partial charge in [0, 0.05) is 38.4 Å². The number of thioether (sulfide) groups is 1. The van der Waals surface area contributed by atoms with Crippen LogP contribution in [0.2, 0.25) is 0 Å². The van der Waals surface area contributed by atoms with Crippen molar-refractivity contribution in [1.29, 1.82) is 0 Å². The van der Waals surface area contributed by atoms with E-state index >= 15 is 0 Å². The quantitative estimate of drug-likeness (QED) is 0.285. The molecule has 1 saturated heterocycles. The van der Waals surface area contributed by atoms with Crippen molar-refractivity contribution >= 4 is 23.4 Å². The van der Waals surface area contributed by atoms with E-state index in [0.717, 1.165) is 18.7 Å². The highest BCUT2D eigenvalue weighted by Gasteiger charge is 2.22. The van der Waals surface area contributed by atoms with Crippen molar-refractivity contribution in [2.75, 3.05) is 43.4 Å². The highest BCUT2D eigenvalue weighted by Crippen LogP contribution is 2.29. The van der Waals surface area contributed by atoms with Crippen molar-refractivity contribution in [3.8, 4) is 11.5 Å². The molecule has 0 spiro atoms. The van der Waals surface area contributed by atoms with Crippen molar-refractivity contribution in [2.45, 2.75) is 32.2 Å². The lowest BCUT2D eigenvalue weighted by Gasteiger charge is -2.36. The van der Waals surface area contributed by atoms with Crippen molar-refractivity contribution in [1.82, 2.24) is 19.7 Å². The van der Waals surface area contributed by atoms with Crippen molar-refractivity contribution in [3.05, 3.63) is 72.6 Å². The number of anilines is 1. The van der Waals surface area contributed by atoms with Crippen LogP contribution in [0.15, 0.2) is 66.3 Å². The minimum atomic E-state index is 0.111. The molecule has 36 heavy (non-hydrogen) atoms. The van der Waals surface area contributed by atoms with E-state index in [1.807, 2.05) is 59.7 Å². The number of hydrogen-bond donors (Lipinski definition) is 0. The molecule has 1 aromatic heterocycles. The number of aromatic nitrogens is 3. The van der Waals surface area contributed by atoms with E-state index in [-0.39, 0.29) is 12.5 Å². The van der Waals surface area contributed by atoms with E-state index in [1.165, 1.54) is 17.4 Å². The number of nitrogens with zero attached hydrogens (tertiary/aromatic N) is 5. The summed E-state index contributed by atoms with van der Waals surface area (Å²) in [5.74, 6) is 2.46. The maximum atomic E-state index is 12.9. The van der Waals surface area contributed by atoms with Gasteiger partial charge in [-0.1, -0.05) is 42.1 Å². The first-order chi connectivity index (χ1) is 17.6. The van der Waals surface area contributed by atoms with Crippen molar-refractivity contribution in [3.63, 3.8) is 0 Å². The van der Waals surface area contributed by atoms with Gasteiger partial charge in [0.15, 0.2) is 22.5 Å². The Morgan fingerprint density at radius 3 is 2.56 bits per heavy atom. The van der Waals surface area contributed by atoms with Crippen LogP contribution < -0.4 is 14.4 Å². The van der Waals surface area contributed by atoms with Crippen LogP contribution >= 0.6 is 11.8 Å². The highest BCUT2D eigenvalue weighted by molar-refractivity contribution is 7.99. The number of hydrogen-bond acceptors (Lipinski definition) is 7. The highest BCUT2D eigenvalue weighted by atomic mass is 32.2. The zero-order valence-corrected chi connectivity index (χ0v) is 21.7. The van der Waals surface area contributed by atoms with Crippen molar-refractivity contribution < 1.29 is 14.3 Å². The molecule has 2 heterocycles. The molecular weight excluding hydrogens is 474 g/mol. The summed E-state index contributed by atoms with van der Waals surface area (Å²) < 4.78 is 13.7. The van der Waals surface area contributed by atoms with Crippen molar-refractivity contribution in [2.24, 2.45) is 0 Å². The molecule has 9 heteroatoms. The molecule has 1 fully saturated rings. The molecule has 0 radical (unpaired) electrons. The van der Waals surface area contributed by atoms with Gasteiger partial charge in [0.1, 0.15) is 6.61 Å². The minimum absolute atomic E-state index is 0.111. The second-order valence-electron chi connectivity index (χ2n) is 8.46. The lowest BCUT2D eigenvalue weighted by Crippen LogP contribution is -2.49. The number of benzene rings is 2. The van der Waals surface area contributed by atoms with Crippen LogP contribution in [0.3, 0.4) is 0 Å². The smallest absolute Gasteiger partial charge is 0.233 e. The number of aryl methyl sites for hydroxylation is 1. The zero-order valence-electron chi connectivity index (χ0n) is 20.9. The molecule has 0 bridgehead atoms. The van der Waals surface area contributed by atoms with Crippen LogP contribution in [-0.4, -0.2) is 64.1 Å². The summed E-state index contributed by atoms with van der Waals surface area (Å²) in [4.78, 5) is 17.1. The third-order valence-corrected chi connectivity index (χ3v) is 6.89. The molecular formula is C27H33N5O3S. The van der Waals surface area contributed by atoms with Crippen LogP contribution in [0, 0.1) is 6.92 Å². The summed E-state index contributed by atoms with van der Waals surface area (Å²) in [6.45, 7) is 12.2. The predicted octanol–water partition coefficient (Wildman–Crippen LogP) is 4.19. The number of rotatable bonds is 11. The second-order valence-corrected chi connectivity index (χ2v) is 9.40. The fourth-order valence-electron chi connectivity index (χ4n) is 4.06. The maximum Gasteiger partial charge on any atom is 0.233 e. The van der Waals surface area contributed by atoms with Crippen LogP contribution in [0.25, 0.3) is 0 Å². The molecule has 0 unspecified atom stereocenters. The van der Waals surface area contributed by atoms with Gasteiger partial charge in [0.2, 0.25) is 5.91 Å². The SMILES string of the molecule is C=CCn1c(COc2ccc(C)cc2OCC)nnc1SCC(=O)N1CCN(c2ccccc2)CC1. The largest absolute Gasteiger partial charge is 0.490 e. The lowest BCUT2D eigenvalue weighted by atomic mass is 10.2. The van der Waals surface area contributed by atoms with Gasteiger partial charge in [0.25, 0.3) is 0 Å². The summed E-state index contributed by atoms with van der Waals surface area (Å²) in [6.07, 6.45) is 1.79. The third-order valence-electron chi connectivity index (χ3n) is 5.94. The topological polar surface area (TPSA) is 72.7 Å². The standard InChI is InChI=1S/C27H33N5O3S/c1-4-13-32-25(19-35-23-12-11-21(3)18-24(23)34-5-2)28-29-27(32)36-20-26(33)31-16-14-30(15-17-31)22-9-7-6-8-10-22/h4,6-12,18H,1,5,13-17,19-20H2,2-3H3. The summed E-state index contributed by atoms with van der Waals surface area (Å²) in [6, 6.07) is 16.2. The van der Waals surface area contributed by atoms with E-state index in [4.69, 9.17) is 9.47 Å². The number of carbonyl (C=O) groups excluding carboxylic acids is 1. The Kier molecular flexibility index (Phi) is 8.89. The van der Waals surface area contributed by atoms with E-state index in [0.29, 0.717) is 54.5 Å². The molecule has 0 N–H and O–H groups in total. The monoisotopic (exact) mass is 507 g/mol. The first-order valence-corrected chi connectivity index (χ1v) is 13.2. The zero-order chi connectivity index (χ0) is 25.3. The lowest BCUT2D eigenvalue weighted by molar-refractivity contribution is -0.128. The van der Waals surface area contributed by atoms with Crippen LogP contribution in [0.1, 0.15) is 18.3 Å². The molecule has 190 valence electrons. The number of carbonyl (C=O) groups is 1. The number of allylic oxidation sites excluding steroid dienone is 1. The van der Waals surface area contributed by atoms with Gasteiger partial charge < -0.3 is 19.3 Å². The summed E-state index contributed by atoms with van der Waals surface area (Å²) >= 11 is 1.40. The number of amides is 1. The summed E-state index contributed by atoms with van der Waals surface area (Å²) in [5.41, 5.74) is 2.30. The Morgan fingerprint density at radius 2 is 1.83 bits per heavy atom. The van der Waals surface area contributed by atoms with Gasteiger partial charge in [0.05, 0.1) is 12.4 Å². The molecule has 0 aliphatic carbocycles. The van der Waals surface area contributed by atoms with Gasteiger partial charge in [-0.15, -0.1) is 16.8 Å². The maximum absolute atomic E-state index is 12.9. The summed E-state index contributed by atoms with van der Waals surface area (Å²) in [5, 5.41) is 9.33. The Balaban J connectivity index is 1.33. The van der Waals surface area contributed by atoms with Gasteiger partial charge in [-0.25, -0.2) is 0 Å². The number of piperazine rings is 1. The van der Waals surface area contributed by atoms with Crippen LogP contribution in [0.5, 0.6) is 11.5 Å². The molecule has 2 aromatic carbocycles. The Hall–Kier alpha value is -3.46. The number of ether oxygens (including phenoxy) is 2. The molecule has 1 aliphatic rings. The molecule has 8 nitrogen and oxygen atoms in total. The average molecular weight is 508 g/mol. The molecule has 1 aliphatic heterocycles. The average Bonchev–Trinajstić information content (AvgIpc) is 3.29. The first-order valence-electron chi connectivity index (χ1n) is 12.2.